The Labute approximate surface area is 91.6 Å². The first-order valence-corrected chi connectivity index (χ1v) is 6.09. The third-order valence-electron chi connectivity index (χ3n) is 3.86. The molecule has 15 heavy (non-hydrogen) atoms. The van der Waals surface area contributed by atoms with Gasteiger partial charge in [0.25, 0.3) is 0 Å². The number of ether oxygens (including phenoxy) is 1. The second-order valence-corrected chi connectivity index (χ2v) is 4.84. The molecule has 0 saturated heterocycles. The average molecular weight is 211 g/mol. The van der Waals surface area contributed by atoms with E-state index in [9.17, 15) is 4.79 Å². The molecule has 2 aliphatic carbocycles. The fraction of sp³-hybridized carbons (Fsp3) is 0.917. The molecule has 0 spiro atoms. The van der Waals surface area contributed by atoms with Gasteiger partial charge in [-0.3, -0.25) is 4.79 Å². The molecule has 0 heterocycles. The van der Waals surface area contributed by atoms with E-state index in [0.29, 0.717) is 6.04 Å². The number of carbonyl (C=O) groups is 1. The molecule has 0 unspecified atom stereocenters. The van der Waals surface area contributed by atoms with E-state index in [0.717, 1.165) is 24.7 Å². The minimum absolute atomic E-state index is 0.0811. The molecule has 2 saturated carbocycles. The summed E-state index contributed by atoms with van der Waals surface area (Å²) in [6, 6.07) is 0.431. The molecule has 1 amide bonds. The van der Waals surface area contributed by atoms with Gasteiger partial charge < -0.3 is 10.1 Å². The predicted octanol–water partition coefficient (Wildman–Crippen LogP) is 1.72. The summed E-state index contributed by atoms with van der Waals surface area (Å²) in [7, 11) is 1.61. The van der Waals surface area contributed by atoms with Crippen molar-refractivity contribution in [1.82, 2.24) is 5.32 Å². The van der Waals surface area contributed by atoms with E-state index in [1.54, 1.807) is 7.11 Å². The summed E-state index contributed by atoms with van der Waals surface area (Å²) in [5.74, 6) is 1.77. The van der Waals surface area contributed by atoms with Gasteiger partial charge in [-0.2, -0.15) is 0 Å². The smallest absolute Gasteiger partial charge is 0.249 e. The summed E-state index contributed by atoms with van der Waals surface area (Å²) < 4.78 is 5.14. The number of methoxy groups -OCH3 is 1. The minimum atomic E-state index is -0.260. The fourth-order valence-corrected chi connectivity index (χ4v) is 2.82. The molecule has 0 radical (unpaired) electrons. The number of rotatable bonds is 4. The van der Waals surface area contributed by atoms with Gasteiger partial charge >= 0.3 is 0 Å². The molecule has 0 aromatic carbocycles. The van der Waals surface area contributed by atoms with E-state index in [4.69, 9.17) is 4.74 Å². The zero-order valence-corrected chi connectivity index (χ0v) is 9.66. The van der Waals surface area contributed by atoms with Gasteiger partial charge in [-0.25, -0.2) is 0 Å². The van der Waals surface area contributed by atoms with E-state index in [-0.39, 0.29) is 12.0 Å². The maximum atomic E-state index is 11.8. The van der Waals surface area contributed by atoms with Gasteiger partial charge in [-0.05, 0) is 31.1 Å². The van der Waals surface area contributed by atoms with Gasteiger partial charge in [0.05, 0.1) is 0 Å². The predicted molar refractivity (Wildman–Crippen MR) is 58.5 cm³/mol. The summed E-state index contributed by atoms with van der Waals surface area (Å²) in [4.78, 5) is 11.8. The molecular weight excluding hydrogens is 190 g/mol. The molecule has 0 bridgehead atoms. The van der Waals surface area contributed by atoms with E-state index < -0.39 is 0 Å². The fourth-order valence-electron chi connectivity index (χ4n) is 2.82. The van der Waals surface area contributed by atoms with Crippen molar-refractivity contribution in [2.45, 2.75) is 51.2 Å². The highest BCUT2D eigenvalue weighted by Crippen LogP contribution is 2.49. The third-order valence-corrected chi connectivity index (χ3v) is 3.86. The number of hydrogen-bond donors (Lipinski definition) is 1. The lowest BCUT2D eigenvalue weighted by Gasteiger charge is -2.24. The van der Waals surface area contributed by atoms with Crippen LogP contribution in [-0.2, 0) is 9.53 Å². The second kappa shape index (κ2) is 4.52. The summed E-state index contributed by atoms with van der Waals surface area (Å²) in [6.45, 7) is 1.98. The van der Waals surface area contributed by atoms with Gasteiger partial charge in [0.2, 0.25) is 5.91 Å². The van der Waals surface area contributed by atoms with Crippen LogP contribution in [-0.4, -0.2) is 25.2 Å². The van der Waals surface area contributed by atoms with Crippen LogP contribution in [0.5, 0.6) is 0 Å². The first-order valence-electron chi connectivity index (χ1n) is 6.09. The summed E-state index contributed by atoms with van der Waals surface area (Å²) >= 11 is 0. The van der Waals surface area contributed by atoms with Crippen LogP contribution in [0.4, 0.5) is 0 Å². The Kier molecular flexibility index (Phi) is 3.29. The van der Waals surface area contributed by atoms with E-state index in [2.05, 4.69) is 5.32 Å². The summed E-state index contributed by atoms with van der Waals surface area (Å²) in [5, 5.41) is 3.15. The highest BCUT2D eigenvalue weighted by Gasteiger charge is 2.45. The Morgan fingerprint density at radius 3 is 3.00 bits per heavy atom. The zero-order valence-electron chi connectivity index (χ0n) is 9.66. The monoisotopic (exact) mass is 211 g/mol. The topological polar surface area (TPSA) is 38.3 Å². The van der Waals surface area contributed by atoms with Gasteiger partial charge in [-0.15, -0.1) is 0 Å². The van der Waals surface area contributed by atoms with Crippen molar-refractivity contribution in [3.63, 3.8) is 0 Å². The zero-order chi connectivity index (χ0) is 10.8. The maximum Gasteiger partial charge on any atom is 0.249 e. The molecule has 0 aliphatic heterocycles. The Morgan fingerprint density at radius 2 is 2.33 bits per heavy atom. The van der Waals surface area contributed by atoms with Crippen LogP contribution in [0, 0.1) is 11.8 Å². The largest absolute Gasteiger partial charge is 0.372 e. The SMILES string of the molecule is CC[C@@H](OC)C(=O)N[C@H]1CCC[C@H]2C[C@H]21. The van der Waals surface area contributed by atoms with Crippen molar-refractivity contribution < 1.29 is 9.53 Å². The quantitative estimate of drug-likeness (QED) is 0.769. The van der Waals surface area contributed by atoms with Crippen molar-refractivity contribution in [2.75, 3.05) is 7.11 Å². The Bertz CT molecular complexity index is 238. The molecule has 0 aromatic heterocycles. The van der Waals surface area contributed by atoms with Crippen LogP contribution in [0.1, 0.15) is 39.0 Å². The lowest BCUT2D eigenvalue weighted by molar-refractivity contribution is -0.132. The first kappa shape index (κ1) is 10.9. The Balaban J connectivity index is 1.82. The molecule has 3 heteroatoms. The maximum absolute atomic E-state index is 11.8. The minimum Gasteiger partial charge on any atom is -0.372 e. The van der Waals surface area contributed by atoms with Crippen molar-refractivity contribution in [2.24, 2.45) is 11.8 Å². The number of nitrogens with one attached hydrogen (secondary N) is 1. The first-order chi connectivity index (χ1) is 7.26. The highest BCUT2D eigenvalue weighted by molar-refractivity contribution is 5.81. The van der Waals surface area contributed by atoms with E-state index in [1.165, 1.54) is 19.3 Å². The highest BCUT2D eigenvalue weighted by atomic mass is 16.5. The van der Waals surface area contributed by atoms with E-state index >= 15 is 0 Å². The van der Waals surface area contributed by atoms with Crippen LogP contribution in [0.3, 0.4) is 0 Å². The molecule has 0 aromatic rings. The van der Waals surface area contributed by atoms with Crippen LogP contribution in [0.25, 0.3) is 0 Å². The third kappa shape index (κ3) is 2.33. The van der Waals surface area contributed by atoms with Crippen molar-refractivity contribution in [1.29, 1.82) is 0 Å². The molecule has 2 fully saturated rings. The standard InChI is InChI=1S/C12H21NO2/c1-3-11(15-2)12(14)13-10-6-4-5-8-7-9(8)10/h8-11H,3-7H2,1-2H3,(H,13,14)/t8-,9+,10-,11+/m0/s1. The number of amides is 1. The van der Waals surface area contributed by atoms with Crippen LogP contribution in [0.15, 0.2) is 0 Å². The number of fused-ring (bicyclic) bond motifs is 1. The second-order valence-electron chi connectivity index (χ2n) is 4.84. The molecular formula is C12H21NO2. The molecule has 3 nitrogen and oxygen atoms in total. The summed E-state index contributed by atoms with van der Waals surface area (Å²) in [5.41, 5.74) is 0. The van der Waals surface area contributed by atoms with Crippen LogP contribution >= 0.6 is 0 Å². The normalized spacial score (nSPS) is 35.5. The number of carbonyl (C=O) groups excluding carboxylic acids is 1. The Morgan fingerprint density at radius 1 is 1.53 bits per heavy atom. The van der Waals surface area contributed by atoms with E-state index in [1.807, 2.05) is 6.92 Å². The average Bonchev–Trinajstić information content (AvgIpc) is 2.99. The van der Waals surface area contributed by atoms with Gasteiger partial charge in [0.15, 0.2) is 0 Å². The van der Waals surface area contributed by atoms with Gasteiger partial charge in [-0.1, -0.05) is 19.8 Å². The van der Waals surface area contributed by atoms with Crippen molar-refractivity contribution in [3.8, 4) is 0 Å². The summed E-state index contributed by atoms with van der Waals surface area (Å²) in [6.07, 6.45) is 5.63. The Hall–Kier alpha value is -0.570. The number of hydrogen-bond acceptors (Lipinski definition) is 2. The van der Waals surface area contributed by atoms with Gasteiger partial charge in [0, 0.05) is 13.2 Å². The molecule has 1 N–H and O–H groups in total. The molecule has 2 aliphatic rings. The lowest BCUT2D eigenvalue weighted by atomic mass is 9.95. The van der Waals surface area contributed by atoms with Crippen molar-refractivity contribution >= 4 is 5.91 Å². The molecule has 4 atom stereocenters. The lowest BCUT2D eigenvalue weighted by Crippen LogP contribution is -2.44. The van der Waals surface area contributed by atoms with Crippen LogP contribution in [0.2, 0.25) is 0 Å². The van der Waals surface area contributed by atoms with Crippen molar-refractivity contribution in [3.05, 3.63) is 0 Å². The molecule has 2 rings (SSSR count). The molecule has 86 valence electrons. The van der Waals surface area contributed by atoms with Gasteiger partial charge in [0.1, 0.15) is 6.10 Å². The van der Waals surface area contributed by atoms with Crippen LogP contribution < -0.4 is 5.32 Å².